The highest BCUT2D eigenvalue weighted by molar-refractivity contribution is 5.48. The Morgan fingerprint density at radius 3 is 2.25 bits per heavy atom. The second kappa shape index (κ2) is 4.10. The summed E-state index contributed by atoms with van der Waals surface area (Å²) in [4.78, 5) is 2.26. The molecule has 88 valence electrons. The molecule has 0 aliphatic heterocycles. The highest BCUT2D eigenvalue weighted by Gasteiger charge is 2.39. The predicted molar refractivity (Wildman–Crippen MR) is 70.0 cm³/mol. The topological polar surface area (TPSA) is 29.3 Å². The highest BCUT2D eigenvalue weighted by atomic mass is 15.1. The molecule has 0 atom stereocenters. The van der Waals surface area contributed by atoms with Crippen LogP contribution in [0.2, 0.25) is 0 Å². The Bertz CT molecular complexity index is 350. The van der Waals surface area contributed by atoms with Crippen LogP contribution in [-0.4, -0.2) is 19.1 Å². The van der Waals surface area contributed by atoms with Crippen molar-refractivity contribution in [3.63, 3.8) is 0 Å². The van der Waals surface area contributed by atoms with Crippen molar-refractivity contribution in [3.05, 3.63) is 29.8 Å². The summed E-state index contributed by atoms with van der Waals surface area (Å²) in [6.07, 6.45) is 2.34. The third kappa shape index (κ3) is 2.56. The molecule has 2 rings (SSSR count). The van der Waals surface area contributed by atoms with Crippen LogP contribution in [0.4, 0.5) is 5.69 Å². The Morgan fingerprint density at radius 1 is 1.25 bits per heavy atom. The fourth-order valence-electron chi connectivity index (χ4n) is 2.00. The second-order valence-electron chi connectivity index (χ2n) is 5.46. The van der Waals surface area contributed by atoms with E-state index in [-0.39, 0.29) is 5.54 Å². The number of nitrogens with two attached hydrogens (primary N) is 1. The fourth-order valence-corrected chi connectivity index (χ4v) is 2.00. The highest BCUT2D eigenvalue weighted by Crippen LogP contribution is 2.33. The minimum Gasteiger partial charge on any atom is -0.373 e. The molecule has 2 heteroatoms. The van der Waals surface area contributed by atoms with Crippen LogP contribution in [0.1, 0.15) is 38.2 Å². The molecule has 0 unspecified atom stereocenters. The second-order valence-corrected chi connectivity index (χ2v) is 5.46. The molecule has 1 saturated carbocycles. The van der Waals surface area contributed by atoms with Gasteiger partial charge in [0.15, 0.2) is 0 Å². The van der Waals surface area contributed by atoms with E-state index in [4.69, 9.17) is 5.73 Å². The first-order valence-electron chi connectivity index (χ1n) is 6.10. The van der Waals surface area contributed by atoms with Crippen molar-refractivity contribution in [3.8, 4) is 0 Å². The van der Waals surface area contributed by atoms with E-state index in [0.29, 0.717) is 5.92 Å². The van der Waals surface area contributed by atoms with Gasteiger partial charge in [0, 0.05) is 24.8 Å². The third-order valence-corrected chi connectivity index (χ3v) is 3.44. The smallest absolute Gasteiger partial charge is 0.0364 e. The average molecular weight is 218 g/mol. The van der Waals surface area contributed by atoms with Gasteiger partial charge in [-0.25, -0.2) is 0 Å². The number of benzene rings is 1. The molecule has 1 aromatic rings. The maximum absolute atomic E-state index is 6.12. The van der Waals surface area contributed by atoms with Crippen molar-refractivity contribution >= 4 is 5.69 Å². The molecule has 0 aromatic heterocycles. The molecule has 0 spiro atoms. The zero-order valence-electron chi connectivity index (χ0n) is 10.5. The van der Waals surface area contributed by atoms with Gasteiger partial charge in [-0.2, -0.15) is 0 Å². The van der Waals surface area contributed by atoms with Crippen molar-refractivity contribution in [2.75, 3.05) is 18.5 Å². The number of likely N-dealkylation sites (N-methyl/N-ethyl adjacent to an activating group) is 1. The molecule has 1 aliphatic rings. The van der Waals surface area contributed by atoms with Gasteiger partial charge in [0.1, 0.15) is 0 Å². The zero-order valence-corrected chi connectivity index (χ0v) is 10.5. The van der Waals surface area contributed by atoms with Gasteiger partial charge >= 0.3 is 0 Å². The number of hydrogen-bond donors (Lipinski definition) is 1. The summed E-state index contributed by atoms with van der Waals surface area (Å²) in [5.41, 5.74) is 8.87. The summed E-state index contributed by atoms with van der Waals surface area (Å²) in [6.45, 7) is 5.41. The van der Waals surface area contributed by atoms with Crippen molar-refractivity contribution in [1.82, 2.24) is 0 Å². The molecule has 0 heterocycles. The largest absolute Gasteiger partial charge is 0.373 e. The normalized spacial score (nSPS) is 17.6. The number of rotatable bonds is 4. The molecule has 16 heavy (non-hydrogen) atoms. The van der Waals surface area contributed by atoms with E-state index in [1.807, 2.05) is 0 Å². The van der Waals surface area contributed by atoms with Gasteiger partial charge < -0.3 is 10.6 Å². The van der Waals surface area contributed by atoms with Gasteiger partial charge in [0.05, 0.1) is 0 Å². The van der Waals surface area contributed by atoms with Gasteiger partial charge in [0.25, 0.3) is 0 Å². The van der Waals surface area contributed by atoms with Gasteiger partial charge in [-0.15, -0.1) is 0 Å². The maximum Gasteiger partial charge on any atom is 0.0364 e. The molecule has 1 aromatic carbocycles. The summed E-state index contributed by atoms with van der Waals surface area (Å²) < 4.78 is 0. The summed E-state index contributed by atoms with van der Waals surface area (Å²) in [5, 5.41) is 0. The van der Waals surface area contributed by atoms with Crippen LogP contribution in [0, 0.1) is 0 Å². The quantitative estimate of drug-likeness (QED) is 0.842. The predicted octanol–water partition coefficient (Wildman–Crippen LogP) is 2.74. The zero-order chi connectivity index (χ0) is 11.8. The van der Waals surface area contributed by atoms with Crippen molar-refractivity contribution in [2.24, 2.45) is 5.73 Å². The van der Waals surface area contributed by atoms with E-state index >= 15 is 0 Å². The van der Waals surface area contributed by atoms with Crippen LogP contribution < -0.4 is 10.6 Å². The van der Waals surface area contributed by atoms with E-state index in [0.717, 1.165) is 6.54 Å². The maximum atomic E-state index is 6.12. The molecule has 1 fully saturated rings. The minimum absolute atomic E-state index is 0.0888. The summed E-state index contributed by atoms with van der Waals surface area (Å²) in [5.74, 6) is 0.601. The molecule has 1 aliphatic carbocycles. The Hall–Kier alpha value is -1.02. The monoisotopic (exact) mass is 218 g/mol. The first-order valence-corrected chi connectivity index (χ1v) is 6.10. The van der Waals surface area contributed by atoms with Gasteiger partial charge in [-0.05, 0) is 36.5 Å². The van der Waals surface area contributed by atoms with Crippen LogP contribution in [0.25, 0.3) is 0 Å². The molecular formula is C14H22N2. The van der Waals surface area contributed by atoms with E-state index in [1.54, 1.807) is 0 Å². The van der Waals surface area contributed by atoms with Gasteiger partial charge in [-0.1, -0.05) is 26.0 Å². The molecule has 0 bridgehead atoms. The lowest BCUT2D eigenvalue weighted by Gasteiger charge is -2.23. The lowest BCUT2D eigenvalue weighted by atomic mass is 10.0. The van der Waals surface area contributed by atoms with Gasteiger partial charge in [0.2, 0.25) is 0 Å². The van der Waals surface area contributed by atoms with Crippen LogP contribution in [0.5, 0.6) is 0 Å². The lowest BCUT2D eigenvalue weighted by Crippen LogP contribution is -2.37. The first-order chi connectivity index (χ1) is 7.50. The average Bonchev–Trinajstić information content (AvgIpc) is 2.96. The first kappa shape index (κ1) is 11.5. The molecule has 2 N–H and O–H groups in total. The molecule has 0 amide bonds. The Balaban J connectivity index is 2.03. The van der Waals surface area contributed by atoms with Crippen LogP contribution in [0.3, 0.4) is 0 Å². The lowest BCUT2D eigenvalue weighted by molar-refractivity contribution is 0.660. The Labute approximate surface area is 98.4 Å². The Morgan fingerprint density at radius 2 is 1.81 bits per heavy atom. The molecule has 0 saturated heterocycles. The minimum atomic E-state index is 0.0888. The number of hydrogen-bond acceptors (Lipinski definition) is 2. The van der Waals surface area contributed by atoms with Crippen LogP contribution in [0.15, 0.2) is 24.3 Å². The van der Waals surface area contributed by atoms with Crippen LogP contribution >= 0.6 is 0 Å². The van der Waals surface area contributed by atoms with E-state index in [9.17, 15) is 0 Å². The number of anilines is 1. The molecule has 0 radical (unpaired) electrons. The fraction of sp³-hybridized carbons (Fsp3) is 0.571. The molecule has 2 nitrogen and oxygen atoms in total. The third-order valence-electron chi connectivity index (χ3n) is 3.44. The summed E-state index contributed by atoms with van der Waals surface area (Å²) in [7, 11) is 2.12. The summed E-state index contributed by atoms with van der Waals surface area (Å²) in [6, 6.07) is 8.82. The summed E-state index contributed by atoms with van der Waals surface area (Å²) >= 11 is 0. The van der Waals surface area contributed by atoms with E-state index in [1.165, 1.54) is 24.1 Å². The van der Waals surface area contributed by atoms with Gasteiger partial charge in [-0.3, -0.25) is 0 Å². The Kier molecular flexibility index (Phi) is 2.94. The number of nitrogens with zero attached hydrogens (tertiary/aromatic N) is 1. The van der Waals surface area contributed by atoms with Crippen molar-refractivity contribution in [1.29, 1.82) is 0 Å². The SMILES string of the molecule is CC(C)c1ccc(N(C)CC2(N)CC2)cc1. The molecular weight excluding hydrogens is 196 g/mol. The van der Waals surface area contributed by atoms with Crippen molar-refractivity contribution in [2.45, 2.75) is 38.1 Å². The van der Waals surface area contributed by atoms with Crippen molar-refractivity contribution < 1.29 is 0 Å². The van der Waals surface area contributed by atoms with Crippen LogP contribution in [-0.2, 0) is 0 Å². The van der Waals surface area contributed by atoms with E-state index < -0.39 is 0 Å². The standard InChI is InChI=1S/C14H22N2/c1-11(2)12-4-6-13(7-5-12)16(3)10-14(15)8-9-14/h4-7,11H,8-10,15H2,1-3H3. The van der Waals surface area contributed by atoms with E-state index in [2.05, 4.69) is 50.1 Å².